The molecule has 0 radical (unpaired) electrons. The summed E-state index contributed by atoms with van der Waals surface area (Å²) in [4.78, 5) is 20.9. The molecule has 2 heterocycles. The molecule has 0 aliphatic rings. The lowest BCUT2D eigenvalue weighted by atomic mass is 10.2. The molecule has 0 spiro atoms. The third-order valence-electron chi connectivity index (χ3n) is 4.01. The molecule has 0 fully saturated rings. The molecular weight excluding hydrogens is 314 g/mol. The third kappa shape index (κ3) is 4.12. The van der Waals surface area contributed by atoms with Gasteiger partial charge in [0.05, 0.1) is 6.10 Å². The lowest BCUT2D eigenvalue weighted by molar-refractivity contribution is 0.0945. The molecule has 1 unspecified atom stereocenters. The first-order valence-corrected chi connectivity index (χ1v) is 8.42. The molecule has 1 amide bonds. The molecule has 0 saturated carbocycles. The van der Waals surface area contributed by atoms with Crippen LogP contribution in [0.4, 0.5) is 0 Å². The Balaban J connectivity index is 1.71. The Bertz CT molecular complexity index is 879. The largest absolute Gasteiger partial charge is 0.490 e. The van der Waals surface area contributed by atoms with Crippen LogP contribution in [-0.4, -0.2) is 22.0 Å². The minimum atomic E-state index is -0.231. The van der Waals surface area contributed by atoms with Crippen molar-refractivity contribution in [3.05, 3.63) is 66.0 Å². The normalized spacial score (nSPS) is 11.9. The van der Waals surface area contributed by atoms with Gasteiger partial charge < -0.3 is 10.1 Å². The van der Waals surface area contributed by atoms with Gasteiger partial charge in [0.2, 0.25) is 0 Å². The Hall–Kier alpha value is -2.95. The molecule has 3 aromatic rings. The van der Waals surface area contributed by atoms with E-state index in [0.717, 1.165) is 23.1 Å². The standard InChI is InChI=1S/C20H21N3O2/c1-3-14(2)25-18-9-5-4-7-16(18)13-22-20(24)17-11-10-15-8-6-12-21-19(15)23-17/h4-12,14H,3,13H2,1-2H3,(H,22,24). The van der Waals surface area contributed by atoms with E-state index in [1.54, 1.807) is 12.3 Å². The van der Waals surface area contributed by atoms with E-state index in [4.69, 9.17) is 4.74 Å². The molecule has 0 aliphatic carbocycles. The highest BCUT2D eigenvalue weighted by molar-refractivity contribution is 5.94. The molecule has 0 aliphatic heterocycles. The van der Waals surface area contributed by atoms with Crippen molar-refractivity contribution in [1.82, 2.24) is 15.3 Å². The molecular formula is C20H21N3O2. The Kier molecular flexibility index (Phi) is 5.23. The van der Waals surface area contributed by atoms with E-state index in [0.29, 0.717) is 17.9 Å². The number of nitrogens with one attached hydrogen (secondary N) is 1. The average molecular weight is 335 g/mol. The molecule has 5 heteroatoms. The summed E-state index contributed by atoms with van der Waals surface area (Å²) in [7, 11) is 0. The highest BCUT2D eigenvalue weighted by Gasteiger charge is 2.11. The van der Waals surface area contributed by atoms with E-state index in [1.807, 2.05) is 49.4 Å². The van der Waals surface area contributed by atoms with E-state index in [9.17, 15) is 4.79 Å². The first-order valence-electron chi connectivity index (χ1n) is 8.42. The summed E-state index contributed by atoms with van der Waals surface area (Å²) in [6, 6.07) is 15.1. The summed E-state index contributed by atoms with van der Waals surface area (Å²) in [5.74, 6) is 0.566. The Morgan fingerprint density at radius 1 is 1.16 bits per heavy atom. The zero-order valence-corrected chi connectivity index (χ0v) is 14.4. The predicted molar refractivity (Wildman–Crippen MR) is 97.5 cm³/mol. The number of carbonyl (C=O) groups is 1. The molecule has 1 atom stereocenters. The highest BCUT2D eigenvalue weighted by atomic mass is 16.5. The second kappa shape index (κ2) is 7.75. The van der Waals surface area contributed by atoms with Crippen LogP contribution in [0.25, 0.3) is 11.0 Å². The number of aromatic nitrogens is 2. The number of para-hydroxylation sites is 1. The van der Waals surface area contributed by atoms with Gasteiger partial charge in [-0.1, -0.05) is 25.1 Å². The maximum atomic E-state index is 12.4. The first-order chi connectivity index (χ1) is 12.2. The molecule has 0 bridgehead atoms. The van der Waals surface area contributed by atoms with Crippen LogP contribution >= 0.6 is 0 Å². The van der Waals surface area contributed by atoms with E-state index in [-0.39, 0.29) is 12.0 Å². The van der Waals surface area contributed by atoms with Crippen LogP contribution in [0.3, 0.4) is 0 Å². The second-order valence-corrected chi connectivity index (χ2v) is 5.87. The van der Waals surface area contributed by atoms with Crippen molar-refractivity contribution in [1.29, 1.82) is 0 Å². The number of ether oxygens (including phenoxy) is 1. The average Bonchev–Trinajstić information content (AvgIpc) is 2.66. The van der Waals surface area contributed by atoms with Gasteiger partial charge in [0.1, 0.15) is 11.4 Å². The van der Waals surface area contributed by atoms with Gasteiger partial charge in [-0.05, 0) is 43.7 Å². The van der Waals surface area contributed by atoms with Crippen LogP contribution in [0, 0.1) is 0 Å². The smallest absolute Gasteiger partial charge is 0.270 e. The maximum absolute atomic E-state index is 12.4. The van der Waals surface area contributed by atoms with Crippen molar-refractivity contribution in [2.24, 2.45) is 0 Å². The van der Waals surface area contributed by atoms with Gasteiger partial charge >= 0.3 is 0 Å². The van der Waals surface area contributed by atoms with E-state index >= 15 is 0 Å². The van der Waals surface area contributed by atoms with Crippen LogP contribution in [-0.2, 0) is 6.54 Å². The maximum Gasteiger partial charge on any atom is 0.270 e. The zero-order chi connectivity index (χ0) is 17.6. The van der Waals surface area contributed by atoms with Gasteiger partial charge in [-0.25, -0.2) is 9.97 Å². The lowest BCUT2D eigenvalue weighted by Crippen LogP contribution is -2.24. The summed E-state index contributed by atoms with van der Waals surface area (Å²) in [5, 5.41) is 3.81. The number of nitrogens with zero attached hydrogens (tertiary/aromatic N) is 2. The van der Waals surface area contributed by atoms with Crippen molar-refractivity contribution in [2.45, 2.75) is 32.9 Å². The first kappa shape index (κ1) is 16.9. The Labute approximate surface area is 147 Å². The molecule has 3 rings (SSSR count). The summed E-state index contributed by atoms with van der Waals surface area (Å²) in [6.45, 7) is 4.49. The third-order valence-corrected chi connectivity index (χ3v) is 4.01. The SMILES string of the molecule is CCC(C)Oc1ccccc1CNC(=O)c1ccc2cccnc2n1. The van der Waals surface area contributed by atoms with Crippen molar-refractivity contribution in [3.8, 4) is 5.75 Å². The van der Waals surface area contributed by atoms with Gasteiger partial charge in [0.25, 0.3) is 5.91 Å². The lowest BCUT2D eigenvalue weighted by Gasteiger charge is -2.16. The van der Waals surface area contributed by atoms with Crippen LogP contribution in [0.15, 0.2) is 54.7 Å². The van der Waals surface area contributed by atoms with Crippen LogP contribution in [0.2, 0.25) is 0 Å². The summed E-state index contributed by atoms with van der Waals surface area (Å²) in [6.07, 6.45) is 2.72. The number of benzene rings is 1. The minimum Gasteiger partial charge on any atom is -0.490 e. The molecule has 128 valence electrons. The summed E-state index contributed by atoms with van der Waals surface area (Å²) >= 11 is 0. The number of fused-ring (bicyclic) bond motifs is 1. The molecule has 0 saturated heterocycles. The Morgan fingerprint density at radius 3 is 2.84 bits per heavy atom. The fraction of sp³-hybridized carbons (Fsp3) is 0.250. The molecule has 1 aromatic carbocycles. The Morgan fingerprint density at radius 2 is 2.00 bits per heavy atom. The van der Waals surface area contributed by atoms with Crippen molar-refractivity contribution >= 4 is 16.9 Å². The number of hydrogen-bond donors (Lipinski definition) is 1. The monoisotopic (exact) mass is 335 g/mol. The zero-order valence-electron chi connectivity index (χ0n) is 14.4. The van der Waals surface area contributed by atoms with E-state index in [1.165, 1.54) is 0 Å². The van der Waals surface area contributed by atoms with Crippen LogP contribution in [0.5, 0.6) is 5.75 Å². The van der Waals surface area contributed by atoms with Gasteiger partial charge in [0, 0.05) is 23.7 Å². The van der Waals surface area contributed by atoms with Gasteiger partial charge in [-0.3, -0.25) is 4.79 Å². The molecule has 25 heavy (non-hydrogen) atoms. The minimum absolute atomic E-state index is 0.130. The highest BCUT2D eigenvalue weighted by Crippen LogP contribution is 2.20. The van der Waals surface area contributed by atoms with Crippen molar-refractivity contribution in [3.63, 3.8) is 0 Å². The van der Waals surface area contributed by atoms with Crippen LogP contribution in [0.1, 0.15) is 36.3 Å². The topological polar surface area (TPSA) is 64.1 Å². The summed E-state index contributed by atoms with van der Waals surface area (Å²) < 4.78 is 5.91. The van der Waals surface area contributed by atoms with Gasteiger partial charge in [-0.2, -0.15) is 0 Å². The van der Waals surface area contributed by atoms with Crippen molar-refractivity contribution in [2.75, 3.05) is 0 Å². The van der Waals surface area contributed by atoms with Gasteiger partial charge in [-0.15, -0.1) is 0 Å². The quantitative estimate of drug-likeness (QED) is 0.745. The predicted octanol–water partition coefficient (Wildman–Crippen LogP) is 3.74. The number of amides is 1. The fourth-order valence-corrected chi connectivity index (χ4v) is 2.41. The van der Waals surface area contributed by atoms with Crippen LogP contribution < -0.4 is 10.1 Å². The molecule has 5 nitrogen and oxygen atoms in total. The second-order valence-electron chi connectivity index (χ2n) is 5.87. The fourth-order valence-electron chi connectivity index (χ4n) is 2.41. The van der Waals surface area contributed by atoms with Crippen molar-refractivity contribution < 1.29 is 9.53 Å². The number of pyridine rings is 2. The number of hydrogen-bond acceptors (Lipinski definition) is 4. The van der Waals surface area contributed by atoms with E-state index < -0.39 is 0 Å². The number of rotatable bonds is 6. The summed E-state index contributed by atoms with van der Waals surface area (Å²) in [5.41, 5.74) is 1.86. The molecule has 1 N–H and O–H groups in total. The number of carbonyl (C=O) groups excluding carboxylic acids is 1. The molecule has 2 aromatic heterocycles. The van der Waals surface area contributed by atoms with E-state index in [2.05, 4.69) is 22.2 Å². The van der Waals surface area contributed by atoms with Gasteiger partial charge in [0.15, 0.2) is 5.65 Å².